The van der Waals surface area contributed by atoms with Gasteiger partial charge in [0.2, 0.25) is 0 Å². The lowest BCUT2D eigenvalue weighted by molar-refractivity contribution is 0.102. The summed E-state index contributed by atoms with van der Waals surface area (Å²) >= 11 is 0. The molecule has 126 valence electrons. The Labute approximate surface area is 144 Å². The molecular weight excluding hydrogens is 321 g/mol. The SMILES string of the molecule is COc1ccccc1Nc1ccc(C(=O)Nc2cccc(F)c2)nc1. The van der Waals surface area contributed by atoms with Crippen LogP contribution in [0.2, 0.25) is 0 Å². The van der Waals surface area contributed by atoms with Crippen molar-refractivity contribution < 1.29 is 13.9 Å². The van der Waals surface area contributed by atoms with Crippen LogP contribution in [0.25, 0.3) is 0 Å². The predicted octanol–water partition coefficient (Wildman–Crippen LogP) is 4.23. The van der Waals surface area contributed by atoms with E-state index in [-0.39, 0.29) is 5.69 Å². The third-order valence-electron chi connectivity index (χ3n) is 3.46. The molecule has 0 saturated heterocycles. The minimum Gasteiger partial charge on any atom is -0.495 e. The number of rotatable bonds is 5. The fourth-order valence-corrected chi connectivity index (χ4v) is 2.27. The first-order valence-corrected chi connectivity index (χ1v) is 7.59. The minimum absolute atomic E-state index is 0.231. The van der Waals surface area contributed by atoms with E-state index in [1.54, 1.807) is 31.5 Å². The number of carbonyl (C=O) groups is 1. The average Bonchev–Trinajstić information content (AvgIpc) is 2.63. The topological polar surface area (TPSA) is 63.2 Å². The maximum Gasteiger partial charge on any atom is 0.274 e. The minimum atomic E-state index is -0.415. The molecule has 2 aromatic carbocycles. The quantitative estimate of drug-likeness (QED) is 0.731. The Morgan fingerprint density at radius 2 is 1.88 bits per heavy atom. The van der Waals surface area contributed by atoms with Gasteiger partial charge in [-0.15, -0.1) is 0 Å². The summed E-state index contributed by atoms with van der Waals surface area (Å²) in [7, 11) is 1.60. The number of nitrogens with one attached hydrogen (secondary N) is 2. The van der Waals surface area contributed by atoms with Gasteiger partial charge < -0.3 is 15.4 Å². The van der Waals surface area contributed by atoms with Crippen molar-refractivity contribution in [3.63, 3.8) is 0 Å². The number of benzene rings is 2. The van der Waals surface area contributed by atoms with Crippen LogP contribution in [0.3, 0.4) is 0 Å². The van der Waals surface area contributed by atoms with Crippen molar-refractivity contribution in [1.29, 1.82) is 0 Å². The number of para-hydroxylation sites is 2. The number of nitrogens with zero attached hydrogens (tertiary/aromatic N) is 1. The van der Waals surface area contributed by atoms with E-state index in [0.717, 1.165) is 5.69 Å². The van der Waals surface area contributed by atoms with Gasteiger partial charge >= 0.3 is 0 Å². The summed E-state index contributed by atoms with van der Waals surface area (Å²) in [5.41, 5.74) is 2.12. The van der Waals surface area contributed by atoms with Crippen LogP contribution in [0, 0.1) is 5.82 Å². The molecule has 0 aliphatic carbocycles. The van der Waals surface area contributed by atoms with Gasteiger partial charge in [-0.1, -0.05) is 18.2 Å². The number of anilines is 3. The third kappa shape index (κ3) is 4.11. The molecule has 0 fully saturated rings. The molecular formula is C19H16FN3O2. The smallest absolute Gasteiger partial charge is 0.274 e. The first-order chi connectivity index (χ1) is 12.2. The molecule has 1 amide bonds. The maximum atomic E-state index is 13.2. The highest BCUT2D eigenvalue weighted by atomic mass is 19.1. The predicted molar refractivity (Wildman–Crippen MR) is 94.9 cm³/mol. The molecule has 0 spiro atoms. The van der Waals surface area contributed by atoms with Crippen molar-refractivity contribution in [2.75, 3.05) is 17.7 Å². The maximum absolute atomic E-state index is 13.2. The molecule has 5 nitrogen and oxygen atoms in total. The van der Waals surface area contributed by atoms with Crippen LogP contribution in [0.15, 0.2) is 66.9 Å². The molecule has 0 aliphatic heterocycles. The van der Waals surface area contributed by atoms with Gasteiger partial charge in [0.25, 0.3) is 5.91 Å². The van der Waals surface area contributed by atoms with E-state index in [2.05, 4.69) is 15.6 Å². The zero-order valence-corrected chi connectivity index (χ0v) is 13.5. The number of carbonyl (C=O) groups excluding carboxylic acids is 1. The van der Waals surface area contributed by atoms with Crippen molar-refractivity contribution in [3.8, 4) is 5.75 Å². The van der Waals surface area contributed by atoms with Gasteiger partial charge in [0.1, 0.15) is 17.3 Å². The normalized spacial score (nSPS) is 10.2. The van der Waals surface area contributed by atoms with Gasteiger partial charge in [-0.25, -0.2) is 9.37 Å². The average molecular weight is 337 g/mol. The molecule has 6 heteroatoms. The van der Waals surface area contributed by atoms with Crippen LogP contribution in [-0.4, -0.2) is 18.0 Å². The fraction of sp³-hybridized carbons (Fsp3) is 0.0526. The summed E-state index contributed by atoms with van der Waals surface area (Å²) in [4.78, 5) is 16.3. The first kappa shape index (κ1) is 16.4. The molecule has 3 aromatic rings. The highest BCUT2D eigenvalue weighted by Gasteiger charge is 2.09. The van der Waals surface area contributed by atoms with E-state index in [1.165, 1.54) is 18.2 Å². The van der Waals surface area contributed by atoms with Crippen LogP contribution < -0.4 is 15.4 Å². The monoisotopic (exact) mass is 337 g/mol. The number of ether oxygens (including phenoxy) is 1. The molecule has 25 heavy (non-hydrogen) atoms. The molecule has 0 aliphatic rings. The number of pyridine rings is 1. The molecule has 0 radical (unpaired) electrons. The molecule has 2 N–H and O–H groups in total. The van der Waals surface area contributed by atoms with Crippen molar-refractivity contribution in [2.24, 2.45) is 0 Å². The Morgan fingerprint density at radius 1 is 1.04 bits per heavy atom. The lowest BCUT2D eigenvalue weighted by atomic mass is 10.2. The Kier molecular flexibility index (Phi) is 4.89. The van der Waals surface area contributed by atoms with Crippen LogP contribution in [0.1, 0.15) is 10.5 Å². The zero-order valence-electron chi connectivity index (χ0n) is 13.5. The van der Waals surface area contributed by atoms with E-state index < -0.39 is 11.7 Å². The highest BCUT2D eigenvalue weighted by Crippen LogP contribution is 2.26. The summed E-state index contributed by atoms with van der Waals surface area (Å²) in [6.07, 6.45) is 1.55. The number of hydrogen-bond acceptors (Lipinski definition) is 4. The first-order valence-electron chi connectivity index (χ1n) is 7.59. The van der Waals surface area contributed by atoms with Gasteiger partial charge in [0.15, 0.2) is 0 Å². The third-order valence-corrected chi connectivity index (χ3v) is 3.46. The van der Waals surface area contributed by atoms with Crippen LogP contribution in [-0.2, 0) is 0 Å². The fourth-order valence-electron chi connectivity index (χ4n) is 2.27. The standard InChI is InChI=1S/C19H16FN3O2/c1-25-18-8-3-2-7-16(18)22-15-9-10-17(21-12-15)19(24)23-14-6-4-5-13(20)11-14/h2-12,22H,1H3,(H,23,24). The molecule has 0 saturated carbocycles. The van der Waals surface area contributed by atoms with Crippen molar-refractivity contribution in [2.45, 2.75) is 0 Å². The molecule has 0 unspecified atom stereocenters. The lowest BCUT2D eigenvalue weighted by Gasteiger charge is -2.11. The van der Waals surface area contributed by atoms with E-state index in [1.807, 2.05) is 24.3 Å². The Balaban J connectivity index is 1.70. The van der Waals surface area contributed by atoms with Crippen molar-refractivity contribution in [3.05, 3.63) is 78.4 Å². The second-order valence-electron chi connectivity index (χ2n) is 5.22. The molecule has 0 bridgehead atoms. The number of methoxy groups -OCH3 is 1. The van der Waals surface area contributed by atoms with Gasteiger partial charge in [0.05, 0.1) is 24.7 Å². The summed E-state index contributed by atoms with van der Waals surface area (Å²) in [5.74, 6) is -0.119. The Morgan fingerprint density at radius 3 is 2.60 bits per heavy atom. The molecule has 0 atom stereocenters. The van der Waals surface area contributed by atoms with Crippen LogP contribution >= 0.6 is 0 Å². The van der Waals surface area contributed by atoms with Gasteiger partial charge in [-0.2, -0.15) is 0 Å². The van der Waals surface area contributed by atoms with E-state index in [0.29, 0.717) is 17.1 Å². The van der Waals surface area contributed by atoms with Gasteiger partial charge in [-0.3, -0.25) is 4.79 Å². The number of hydrogen-bond donors (Lipinski definition) is 2. The second kappa shape index (κ2) is 7.44. The second-order valence-corrected chi connectivity index (χ2v) is 5.22. The molecule has 1 heterocycles. The van der Waals surface area contributed by atoms with Crippen molar-refractivity contribution >= 4 is 23.0 Å². The summed E-state index contributed by atoms with van der Waals surface area (Å²) in [6.45, 7) is 0. The number of amides is 1. The zero-order chi connectivity index (χ0) is 17.6. The van der Waals surface area contributed by atoms with Crippen LogP contribution in [0.4, 0.5) is 21.5 Å². The van der Waals surface area contributed by atoms with E-state index in [4.69, 9.17) is 4.74 Å². The largest absolute Gasteiger partial charge is 0.495 e. The summed E-state index contributed by atoms with van der Waals surface area (Å²) in [5, 5.41) is 5.78. The Hall–Kier alpha value is -3.41. The van der Waals surface area contributed by atoms with Gasteiger partial charge in [0, 0.05) is 5.69 Å². The highest BCUT2D eigenvalue weighted by molar-refractivity contribution is 6.02. The number of halogens is 1. The van der Waals surface area contributed by atoms with E-state index in [9.17, 15) is 9.18 Å². The molecule has 3 rings (SSSR count). The lowest BCUT2D eigenvalue weighted by Crippen LogP contribution is -2.13. The van der Waals surface area contributed by atoms with Crippen LogP contribution in [0.5, 0.6) is 5.75 Å². The van der Waals surface area contributed by atoms with E-state index >= 15 is 0 Å². The van der Waals surface area contributed by atoms with Crippen molar-refractivity contribution in [1.82, 2.24) is 4.98 Å². The summed E-state index contributed by atoms with van der Waals surface area (Å²) in [6, 6.07) is 16.5. The van der Waals surface area contributed by atoms with Gasteiger partial charge in [-0.05, 0) is 42.5 Å². The summed E-state index contributed by atoms with van der Waals surface area (Å²) < 4.78 is 18.4. The Bertz CT molecular complexity index is 882. The molecule has 1 aromatic heterocycles. The number of aromatic nitrogens is 1.